The van der Waals surface area contributed by atoms with Gasteiger partial charge in [0, 0.05) is 17.3 Å². The molecule has 0 spiro atoms. The maximum atomic E-state index is 14.1. The lowest BCUT2D eigenvalue weighted by Gasteiger charge is -2.10. The van der Waals surface area contributed by atoms with E-state index in [1.54, 1.807) is 0 Å². The Hall–Kier alpha value is -3.07. The van der Waals surface area contributed by atoms with Gasteiger partial charge in [-0.05, 0) is 30.3 Å². The van der Waals surface area contributed by atoms with Gasteiger partial charge >= 0.3 is 0 Å². The summed E-state index contributed by atoms with van der Waals surface area (Å²) >= 11 is 5.67. The van der Waals surface area contributed by atoms with Crippen molar-refractivity contribution in [2.24, 2.45) is 0 Å². The molecule has 0 atom stereocenters. The number of nitrogens with zero attached hydrogens (tertiary/aromatic N) is 1. The molecule has 1 amide bonds. The van der Waals surface area contributed by atoms with Crippen molar-refractivity contribution in [1.29, 1.82) is 0 Å². The molecule has 0 radical (unpaired) electrons. The van der Waals surface area contributed by atoms with E-state index in [1.807, 2.05) is 0 Å². The predicted octanol–water partition coefficient (Wildman–Crippen LogP) is 3.08. The number of benzene rings is 2. The summed E-state index contributed by atoms with van der Waals surface area (Å²) in [4.78, 5) is 12.2. The summed E-state index contributed by atoms with van der Waals surface area (Å²) in [6.45, 7) is 0. The van der Waals surface area contributed by atoms with E-state index in [4.69, 9.17) is 21.8 Å². The number of carbonyl (C=O) groups excluding carboxylic acids is 1. The number of amides is 1. The number of nitrogens with one attached hydrogen (secondary N) is 1. The van der Waals surface area contributed by atoms with Gasteiger partial charge in [-0.1, -0.05) is 23.7 Å². The SMILES string of the molecule is O=C(Cc1ccc(-c2c(F)ccc(Cl)c2F)c[n+]1[O-])Nc1ccc(C(O)O)cc1. The van der Waals surface area contributed by atoms with Crippen molar-refractivity contribution in [3.63, 3.8) is 0 Å². The van der Waals surface area contributed by atoms with Gasteiger partial charge in [0.1, 0.15) is 12.2 Å². The fourth-order valence-electron chi connectivity index (χ4n) is 2.70. The van der Waals surface area contributed by atoms with Crippen molar-refractivity contribution in [3.8, 4) is 11.1 Å². The highest BCUT2D eigenvalue weighted by Crippen LogP contribution is 2.29. The molecular weight excluding hydrogens is 406 g/mol. The van der Waals surface area contributed by atoms with Gasteiger partial charge in [-0.2, -0.15) is 4.73 Å². The molecule has 150 valence electrons. The molecule has 9 heteroatoms. The molecule has 0 saturated carbocycles. The number of carbonyl (C=O) groups is 1. The largest absolute Gasteiger partial charge is 0.618 e. The van der Waals surface area contributed by atoms with Crippen LogP contribution in [0.2, 0.25) is 5.02 Å². The molecule has 3 aromatic rings. The fraction of sp³-hybridized carbons (Fsp3) is 0.100. The topological polar surface area (TPSA) is 96.5 Å². The summed E-state index contributed by atoms with van der Waals surface area (Å²) < 4.78 is 28.5. The normalized spacial score (nSPS) is 11.0. The third-order valence-corrected chi connectivity index (χ3v) is 4.45. The standard InChI is InChI=1S/C20H15ClF2N2O4/c21-15-7-8-16(22)18(19(15)23)12-3-6-14(25(29)10-12)9-17(26)24-13-4-1-11(2-5-13)20(27)28/h1-8,10,20,27-28H,9H2,(H,24,26). The monoisotopic (exact) mass is 420 g/mol. The van der Waals surface area contributed by atoms with Crippen molar-refractivity contribution >= 4 is 23.2 Å². The average Bonchev–Trinajstić information content (AvgIpc) is 2.67. The van der Waals surface area contributed by atoms with Gasteiger partial charge in [-0.25, -0.2) is 8.78 Å². The number of anilines is 1. The highest BCUT2D eigenvalue weighted by molar-refractivity contribution is 6.31. The zero-order valence-corrected chi connectivity index (χ0v) is 15.5. The Morgan fingerprint density at radius 1 is 1.10 bits per heavy atom. The maximum absolute atomic E-state index is 14.1. The second-order valence-corrected chi connectivity index (χ2v) is 6.58. The molecule has 0 unspecified atom stereocenters. The molecular formula is C20H15ClF2N2O4. The van der Waals surface area contributed by atoms with Crippen LogP contribution in [0.3, 0.4) is 0 Å². The summed E-state index contributed by atoms with van der Waals surface area (Å²) in [5, 5.41) is 32.6. The first-order chi connectivity index (χ1) is 13.8. The average molecular weight is 421 g/mol. The van der Waals surface area contributed by atoms with E-state index < -0.39 is 29.4 Å². The minimum Gasteiger partial charge on any atom is -0.618 e. The molecule has 0 aliphatic rings. The van der Waals surface area contributed by atoms with E-state index in [-0.39, 0.29) is 28.3 Å². The number of hydrogen-bond acceptors (Lipinski definition) is 4. The van der Waals surface area contributed by atoms with Crippen molar-refractivity contribution < 1.29 is 28.5 Å². The molecule has 6 nitrogen and oxygen atoms in total. The minimum absolute atomic E-state index is 0.0141. The Balaban J connectivity index is 1.76. The third-order valence-electron chi connectivity index (χ3n) is 4.16. The van der Waals surface area contributed by atoms with Gasteiger partial charge in [-0.3, -0.25) is 4.79 Å². The number of aromatic nitrogens is 1. The Bertz CT molecular complexity index is 1060. The van der Waals surface area contributed by atoms with E-state index in [1.165, 1.54) is 36.4 Å². The van der Waals surface area contributed by atoms with Crippen LogP contribution in [0.25, 0.3) is 11.1 Å². The van der Waals surface area contributed by atoms with Gasteiger partial charge in [0.2, 0.25) is 11.6 Å². The molecule has 1 heterocycles. The van der Waals surface area contributed by atoms with E-state index in [9.17, 15) is 18.8 Å². The van der Waals surface area contributed by atoms with Crippen LogP contribution < -0.4 is 10.0 Å². The molecule has 0 aliphatic carbocycles. The number of hydrogen-bond donors (Lipinski definition) is 3. The molecule has 1 aromatic heterocycles. The highest BCUT2D eigenvalue weighted by Gasteiger charge is 2.19. The quantitative estimate of drug-likeness (QED) is 0.256. The number of aliphatic hydroxyl groups is 2. The molecule has 0 saturated heterocycles. The second-order valence-electron chi connectivity index (χ2n) is 6.17. The van der Waals surface area contributed by atoms with Crippen molar-refractivity contribution in [2.75, 3.05) is 5.32 Å². The molecule has 0 aliphatic heterocycles. The molecule has 0 fully saturated rings. The molecule has 0 bridgehead atoms. The van der Waals surface area contributed by atoms with Crippen LogP contribution in [0.5, 0.6) is 0 Å². The zero-order valence-electron chi connectivity index (χ0n) is 14.8. The van der Waals surface area contributed by atoms with Crippen LogP contribution in [-0.4, -0.2) is 16.1 Å². The maximum Gasteiger partial charge on any atom is 0.235 e. The molecule has 3 N–H and O–H groups in total. The Kier molecular flexibility index (Phi) is 6.07. The van der Waals surface area contributed by atoms with Crippen LogP contribution >= 0.6 is 11.6 Å². The lowest BCUT2D eigenvalue weighted by molar-refractivity contribution is -0.612. The van der Waals surface area contributed by atoms with Gasteiger partial charge < -0.3 is 20.7 Å². The molecule has 2 aromatic carbocycles. The molecule has 29 heavy (non-hydrogen) atoms. The lowest BCUT2D eigenvalue weighted by Crippen LogP contribution is -2.34. The van der Waals surface area contributed by atoms with Crippen molar-refractivity contribution in [2.45, 2.75) is 12.7 Å². The van der Waals surface area contributed by atoms with Gasteiger partial charge in [-0.15, -0.1) is 0 Å². The van der Waals surface area contributed by atoms with Crippen LogP contribution in [-0.2, 0) is 11.2 Å². The lowest BCUT2D eigenvalue weighted by atomic mass is 10.1. The first-order valence-corrected chi connectivity index (χ1v) is 8.76. The van der Waals surface area contributed by atoms with E-state index in [2.05, 4.69) is 5.32 Å². The van der Waals surface area contributed by atoms with Crippen LogP contribution in [0.4, 0.5) is 14.5 Å². The van der Waals surface area contributed by atoms with Crippen LogP contribution in [0.15, 0.2) is 54.7 Å². The highest BCUT2D eigenvalue weighted by atomic mass is 35.5. The summed E-state index contributed by atoms with van der Waals surface area (Å²) in [6, 6.07) is 10.5. The minimum atomic E-state index is -1.62. The van der Waals surface area contributed by atoms with Crippen LogP contribution in [0.1, 0.15) is 17.5 Å². The van der Waals surface area contributed by atoms with E-state index >= 15 is 0 Å². The first kappa shape index (κ1) is 20.7. The summed E-state index contributed by atoms with van der Waals surface area (Å²) in [7, 11) is 0. The number of rotatable bonds is 5. The summed E-state index contributed by atoms with van der Waals surface area (Å²) in [5.41, 5.74) is 0.286. The number of pyridine rings is 1. The predicted molar refractivity (Wildman–Crippen MR) is 102 cm³/mol. The third kappa shape index (κ3) is 4.68. The van der Waals surface area contributed by atoms with Crippen molar-refractivity contribution in [1.82, 2.24) is 0 Å². The Morgan fingerprint density at radius 2 is 1.79 bits per heavy atom. The first-order valence-electron chi connectivity index (χ1n) is 8.38. The Morgan fingerprint density at radius 3 is 2.41 bits per heavy atom. The number of aliphatic hydroxyl groups excluding tert-OH is 1. The van der Waals surface area contributed by atoms with Gasteiger partial charge in [0.15, 0.2) is 18.3 Å². The van der Waals surface area contributed by atoms with E-state index in [0.717, 1.165) is 18.3 Å². The Labute approximate surface area is 169 Å². The van der Waals surface area contributed by atoms with Crippen molar-refractivity contribution in [3.05, 3.63) is 87.8 Å². The second kappa shape index (κ2) is 8.52. The fourth-order valence-corrected chi connectivity index (χ4v) is 2.85. The van der Waals surface area contributed by atoms with Crippen LogP contribution in [0, 0.1) is 16.8 Å². The summed E-state index contributed by atoms with van der Waals surface area (Å²) in [6.07, 6.45) is -0.932. The van der Waals surface area contributed by atoms with E-state index in [0.29, 0.717) is 10.4 Å². The molecule has 3 rings (SSSR count). The summed E-state index contributed by atoms with van der Waals surface area (Å²) in [5.74, 6) is -2.35. The zero-order chi connectivity index (χ0) is 21.1. The van der Waals surface area contributed by atoms with Gasteiger partial charge in [0.05, 0.1) is 16.1 Å². The number of halogens is 3. The van der Waals surface area contributed by atoms with Gasteiger partial charge in [0.25, 0.3) is 0 Å². The smallest absolute Gasteiger partial charge is 0.235 e.